The topological polar surface area (TPSA) is 51.0 Å². The van der Waals surface area contributed by atoms with Crippen molar-refractivity contribution in [2.75, 3.05) is 6.54 Å². The normalized spacial score (nSPS) is 14.5. The average Bonchev–Trinajstić information content (AvgIpc) is 3.03. The summed E-state index contributed by atoms with van der Waals surface area (Å²) in [7, 11) is 0. The first-order chi connectivity index (χ1) is 9.11. The van der Waals surface area contributed by atoms with Gasteiger partial charge in [0.05, 0.1) is 14.6 Å². The number of rotatable bonds is 6. The van der Waals surface area contributed by atoms with Crippen molar-refractivity contribution in [1.82, 2.24) is 15.5 Å². The molecule has 0 saturated heterocycles. The van der Waals surface area contributed by atoms with E-state index in [4.69, 9.17) is 4.52 Å². The van der Waals surface area contributed by atoms with Gasteiger partial charge < -0.3 is 9.84 Å². The van der Waals surface area contributed by atoms with Crippen LogP contribution in [0.4, 0.5) is 0 Å². The molecule has 1 N–H and O–H groups in total. The lowest BCUT2D eigenvalue weighted by molar-refractivity contribution is 0.331. The van der Waals surface area contributed by atoms with Crippen LogP contribution in [-0.4, -0.2) is 22.7 Å². The van der Waals surface area contributed by atoms with E-state index in [1.54, 1.807) is 11.3 Å². The van der Waals surface area contributed by atoms with Crippen molar-refractivity contribution in [3.05, 3.63) is 21.8 Å². The summed E-state index contributed by atoms with van der Waals surface area (Å²) in [4.78, 5) is 5.51. The Kier molecular flexibility index (Phi) is 5.13. The molecule has 0 fully saturated rings. The van der Waals surface area contributed by atoms with Crippen LogP contribution in [0.1, 0.15) is 39.0 Å². The maximum atomic E-state index is 5.38. The lowest BCUT2D eigenvalue weighted by Crippen LogP contribution is -2.31. The van der Waals surface area contributed by atoms with E-state index in [2.05, 4.69) is 52.2 Å². The number of thiophene rings is 1. The number of aromatic nitrogens is 2. The van der Waals surface area contributed by atoms with Crippen LogP contribution in [0.2, 0.25) is 0 Å². The zero-order valence-corrected chi connectivity index (χ0v) is 13.7. The van der Waals surface area contributed by atoms with Crippen LogP contribution in [0.3, 0.4) is 0 Å². The Morgan fingerprint density at radius 1 is 1.42 bits per heavy atom. The van der Waals surface area contributed by atoms with E-state index in [1.165, 1.54) is 0 Å². The molecule has 2 unspecified atom stereocenters. The lowest BCUT2D eigenvalue weighted by atomic mass is 10.0. The fourth-order valence-corrected chi connectivity index (χ4v) is 3.03. The second kappa shape index (κ2) is 6.63. The third kappa shape index (κ3) is 3.64. The minimum atomic E-state index is 0.205. The predicted molar refractivity (Wildman–Crippen MR) is 81.5 cm³/mol. The molecule has 2 aromatic heterocycles. The van der Waals surface area contributed by atoms with Crippen molar-refractivity contribution in [2.24, 2.45) is 0 Å². The summed E-state index contributed by atoms with van der Waals surface area (Å²) in [6, 6.07) is 4.31. The highest BCUT2D eigenvalue weighted by molar-refractivity contribution is 9.11. The van der Waals surface area contributed by atoms with Gasteiger partial charge in [0.15, 0.2) is 0 Å². The molecule has 0 saturated carbocycles. The first kappa shape index (κ1) is 14.7. The molecule has 2 atom stereocenters. The number of nitrogens with zero attached hydrogens (tertiary/aromatic N) is 2. The smallest absolute Gasteiger partial charge is 0.231 e. The average molecular weight is 344 g/mol. The molecule has 2 aromatic rings. The van der Waals surface area contributed by atoms with E-state index in [9.17, 15) is 0 Å². The van der Waals surface area contributed by atoms with Gasteiger partial charge >= 0.3 is 0 Å². The summed E-state index contributed by atoms with van der Waals surface area (Å²) in [5.74, 6) is 1.56. The second-order valence-corrected chi connectivity index (χ2v) is 7.05. The molecule has 0 aliphatic heterocycles. The summed E-state index contributed by atoms with van der Waals surface area (Å²) in [5.41, 5.74) is 0. The highest BCUT2D eigenvalue weighted by Crippen LogP contribution is 2.30. The molecule has 0 bridgehead atoms. The van der Waals surface area contributed by atoms with Crippen LogP contribution in [0.15, 0.2) is 20.4 Å². The van der Waals surface area contributed by atoms with Crippen LogP contribution >= 0.6 is 27.3 Å². The second-order valence-electron chi connectivity index (χ2n) is 4.59. The van der Waals surface area contributed by atoms with Gasteiger partial charge in [-0.05, 0) is 48.0 Å². The van der Waals surface area contributed by atoms with Gasteiger partial charge in [-0.15, -0.1) is 11.3 Å². The molecule has 0 radical (unpaired) electrons. The molecular weight excluding hydrogens is 326 g/mol. The molecule has 2 heterocycles. The Bertz CT molecular complexity index is 525. The van der Waals surface area contributed by atoms with E-state index in [0.29, 0.717) is 17.8 Å². The summed E-state index contributed by atoms with van der Waals surface area (Å²) in [6.45, 7) is 7.41. The van der Waals surface area contributed by atoms with Crippen molar-refractivity contribution >= 4 is 27.3 Å². The molecule has 2 rings (SSSR count). The van der Waals surface area contributed by atoms with Crippen molar-refractivity contribution in [3.8, 4) is 10.7 Å². The number of hydrogen-bond donors (Lipinski definition) is 1. The molecule has 104 valence electrons. The van der Waals surface area contributed by atoms with Gasteiger partial charge in [0.1, 0.15) is 0 Å². The Morgan fingerprint density at radius 3 is 2.84 bits per heavy atom. The molecule has 0 spiro atoms. The van der Waals surface area contributed by atoms with Gasteiger partial charge in [0, 0.05) is 6.04 Å². The molecule has 19 heavy (non-hydrogen) atoms. The first-order valence-electron chi connectivity index (χ1n) is 6.44. The molecule has 0 aliphatic rings. The van der Waals surface area contributed by atoms with Gasteiger partial charge in [-0.25, -0.2) is 0 Å². The van der Waals surface area contributed by atoms with Crippen LogP contribution < -0.4 is 5.32 Å². The van der Waals surface area contributed by atoms with Crippen molar-refractivity contribution in [2.45, 2.75) is 39.2 Å². The van der Waals surface area contributed by atoms with E-state index in [-0.39, 0.29) is 5.92 Å². The highest BCUT2D eigenvalue weighted by atomic mass is 79.9. The zero-order chi connectivity index (χ0) is 13.8. The first-order valence-corrected chi connectivity index (χ1v) is 8.05. The zero-order valence-electron chi connectivity index (χ0n) is 11.3. The van der Waals surface area contributed by atoms with Crippen LogP contribution in [0.5, 0.6) is 0 Å². The van der Waals surface area contributed by atoms with Gasteiger partial charge in [0.25, 0.3) is 0 Å². The van der Waals surface area contributed by atoms with Crippen LogP contribution in [0, 0.1) is 0 Å². The maximum Gasteiger partial charge on any atom is 0.231 e. The lowest BCUT2D eigenvalue weighted by Gasteiger charge is -2.17. The Balaban J connectivity index is 2.08. The fourth-order valence-electron chi connectivity index (χ4n) is 1.72. The minimum absolute atomic E-state index is 0.205. The molecular formula is C13H18BrN3OS. The predicted octanol–water partition coefficient (Wildman–Crippen LogP) is 4.05. The molecule has 4 nitrogen and oxygen atoms in total. The maximum absolute atomic E-state index is 5.38. The molecule has 0 aliphatic carbocycles. The largest absolute Gasteiger partial charge is 0.339 e. The SMILES string of the molecule is CCCNC(C)C(C)c1nc(-c2ccc(Br)s2)no1. The summed E-state index contributed by atoms with van der Waals surface area (Å²) < 4.78 is 6.45. The van der Waals surface area contributed by atoms with Crippen molar-refractivity contribution in [1.29, 1.82) is 0 Å². The quantitative estimate of drug-likeness (QED) is 0.859. The van der Waals surface area contributed by atoms with Crippen LogP contribution in [-0.2, 0) is 0 Å². The fraction of sp³-hybridized carbons (Fsp3) is 0.538. The van der Waals surface area contributed by atoms with Gasteiger partial charge in [-0.3, -0.25) is 0 Å². The summed E-state index contributed by atoms with van der Waals surface area (Å²) in [5, 5.41) is 7.51. The third-order valence-electron chi connectivity index (χ3n) is 3.09. The van der Waals surface area contributed by atoms with Crippen LogP contribution in [0.25, 0.3) is 10.7 Å². The van der Waals surface area contributed by atoms with E-state index in [1.807, 2.05) is 12.1 Å². The standard InChI is InChI=1S/C13H18BrN3OS/c1-4-7-15-9(3)8(2)13-16-12(17-18-13)10-5-6-11(14)19-10/h5-6,8-9,15H,4,7H2,1-3H3. The molecule has 0 aromatic carbocycles. The molecule has 6 heteroatoms. The summed E-state index contributed by atoms with van der Waals surface area (Å²) >= 11 is 5.04. The van der Waals surface area contributed by atoms with Crippen molar-refractivity contribution in [3.63, 3.8) is 0 Å². The third-order valence-corrected chi connectivity index (χ3v) is 4.71. The Hall–Kier alpha value is -0.720. The van der Waals surface area contributed by atoms with Gasteiger partial charge in [-0.2, -0.15) is 4.98 Å². The minimum Gasteiger partial charge on any atom is -0.339 e. The Labute approximate surface area is 125 Å². The highest BCUT2D eigenvalue weighted by Gasteiger charge is 2.21. The van der Waals surface area contributed by atoms with E-state index >= 15 is 0 Å². The van der Waals surface area contributed by atoms with E-state index < -0.39 is 0 Å². The summed E-state index contributed by atoms with van der Waals surface area (Å²) in [6.07, 6.45) is 1.12. The molecule has 0 amide bonds. The Morgan fingerprint density at radius 2 is 2.21 bits per heavy atom. The number of hydrogen-bond acceptors (Lipinski definition) is 5. The van der Waals surface area contributed by atoms with Crippen molar-refractivity contribution < 1.29 is 4.52 Å². The number of halogens is 1. The van der Waals surface area contributed by atoms with Gasteiger partial charge in [0.2, 0.25) is 11.7 Å². The monoisotopic (exact) mass is 343 g/mol. The number of nitrogens with one attached hydrogen (secondary N) is 1. The van der Waals surface area contributed by atoms with E-state index in [0.717, 1.165) is 21.6 Å². The van der Waals surface area contributed by atoms with Gasteiger partial charge in [-0.1, -0.05) is 19.0 Å².